The minimum absolute atomic E-state index is 0.588. The lowest BCUT2D eigenvalue weighted by molar-refractivity contribution is 0.306. The van der Waals surface area contributed by atoms with Crippen molar-refractivity contribution in [1.82, 2.24) is 10.3 Å². The van der Waals surface area contributed by atoms with Gasteiger partial charge in [-0.1, -0.05) is 36.4 Å². The molecule has 0 bridgehead atoms. The Bertz CT molecular complexity index is 813. The lowest BCUT2D eigenvalue weighted by atomic mass is 10.0. The molecule has 3 heteroatoms. The van der Waals surface area contributed by atoms with Gasteiger partial charge < -0.3 is 10.1 Å². The molecule has 0 aliphatic carbocycles. The average molecular weight is 316 g/mol. The molecule has 0 saturated carbocycles. The van der Waals surface area contributed by atoms with Crippen LogP contribution in [0.3, 0.4) is 0 Å². The van der Waals surface area contributed by atoms with Crippen molar-refractivity contribution in [2.24, 2.45) is 0 Å². The molecule has 1 aliphatic heterocycles. The maximum Gasteiger partial charge on any atom is 0.119 e. The molecule has 0 unspecified atom stereocenters. The lowest BCUT2D eigenvalue weighted by Crippen LogP contribution is -2.24. The smallest absolute Gasteiger partial charge is 0.119 e. The molecule has 0 atom stereocenters. The molecule has 0 spiro atoms. The maximum absolute atomic E-state index is 5.84. The van der Waals surface area contributed by atoms with E-state index in [1.54, 1.807) is 0 Å². The fourth-order valence-electron chi connectivity index (χ4n) is 2.96. The third-order valence-corrected chi connectivity index (χ3v) is 4.32. The van der Waals surface area contributed by atoms with Crippen molar-refractivity contribution in [3.05, 3.63) is 83.6 Å². The normalized spacial score (nSPS) is 13.3. The van der Waals surface area contributed by atoms with Gasteiger partial charge in [-0.25, -0.2) is 0 Å². The van der Waals surface area contributed by atoms with Crippen LogP contribution in [0.5, 0.6) is 5.75 Å². The number of fused-ring (bicyclic) bond motifs is 1. The molecule has 0 saturated heterocycles. The van der Waals surface area contributed by atoms with Gasteiger partial charge in [0.1, 0.15) is 12.4 Å². The van der Waals surface area contributed by atoms with Gasteiger partial charge in [0.25, 0.3) is 0 Å². The van der Waals surface area contributed by atoms with Crippen LogP contribution in [0.4, 0.5) is 0 Å². The van der Waals surface area contributed by atoms with E-state index in [4.69, 9.17) is 9.72 Å². The van der Waals surface area contributed by atoms with E-state index in [9.17, 15) is 0 Å². The second-order valence-corrected chi connectivity index (χ2v) is 6.03. The summed E-state index contributed by atoms with van der Waals surface area (Å²) in [5.41, 5.74) is 5.86. The molecule has 1 aromatic heterocycles. The van der Waals surface area contributed by atoms with E-state index in [1.807, 2.05) is 30.3 Å². The van der Waals surface area contributed by atoms with Crippen molar-refractivity contribution < 1.29 is 4.74 Å². The zero-order chi connectivity index (χ0) is 16.2. The van der Waals surface area contributed by atoms with Crippen LogP contribution >= 0.6 is 0 Å². The number of nitrogens with one attached hydrogen (secondary N) is 1. The van der Waals surface area contributed by atoms with Crippen LogP contribution in [-0.2, 0) is 19.6 Å². The molecule has 3 nitrogen and oxygen atoms in total. The Kier molecular flexibility index (Phi) is 4.26. The summed E-state index contributed by atoms with van der Waals surface area (Å²) in [6, 6.07) is 22.7. The van der Waals surface area contributed by atoms with Gasteiger partial charge in [0, 0.05) is 30.8 Å². The largest absolute Gasteiger partial charge is 0.489 e. The minimum Gasteiger partial charge on any atom is -0.489 e. The predicted molar refractivity (Wildman–Crippen MR) is 95.9 cm³/mol. The molecular weight excluding hydrogens is 296 g/mol. The third kappa shape index (κ3) is 3.31. The quantitative estimate of drug-likeness (QED) is 0.791. The van der Waals surface area contributed by atoms with Gasteiger partial charge >= 0.3 is 0 Å². The Morgan fingerprint density at radius 3 is 2.58 bits per heavy atom. The Morgan fingerprint density at radius 1 is 0.917 bits per heavy atom. The molecule has 2 heterocycles. The van der Waals surface area contributed by atoms with E-state index >= 15 is 0 Å². The van der Waals surface area contributed by atoms with E-state index in [1.165, 1.54) is 16.8 Å². The standard InChI is InChI=1S/C21H20N2O/c1-2-4-16(5-3-1)15-24-19-9-6-17(7-10-19)20-11-8-18-14-22-13-12-21(18)23-20/h1-11,22H,12-15H2. The van der Waals surface area contributed by atoms with Crippen molar-refractivity contribution >= 4 is 0 Å². The van der Waals surface area contributed by atoms with Crippen molar-refractivity contribution in [3.63, 3.8) is 0 Å². The zero-order valence-electron chi connectivity index (χ0n) is 13.5. The van der Waals surface area contributed by atoms with Crippen molar-refractivity contribution in [3.8, 4) is 17.0 Å². The Labute approximate surface area is 142 Å². The lowest BCUT2D eigenvalue weighted by Gasteiger charge is -2.17. The Hall–Kier alpha value is -2.65. The van der Waals surface area contributed by atoms with Crippen LogP contribution in [0.2, 0.25) is 0 Å². The highest BCUT2D eigenvalue weighted by molar-refractivity contribution is 5.60. The second kappa shape index (κ2) is 6.85. The number of aromatic nitrogens is 1. The fourth-order valence-corrected chi connectivity index (χ4v) is 2.96. The highest BCUT2D eigenvalue weighted by Crippen LogP contribution is 2.23. The van der Waals surface area contributed by atoms with E-state index < -0.39 is 0 Å². The summed E-state index contributed by atoms with van der Waals surface area (Å²) in [6.07, 6.45) is 1.00. The Morgan fingerprint density at radius 2 is 1.75 bits per heavy atom. The fraction of sp³-hybridized carbons (Fsp3) is 0.190. The molecular formula is C21H20N2O. The number of pyridine rings is 1. The van der Waals surface area contributed by atoms with Crippen molar-refractivity contribution in [1.29, 1.82) is 0 Å². The highest BCUT2D eigenvalue weighted by Gasteiger charge is 2.11. The van der Waals surface area contributed by atoms with Gasteiger partial charge in [-0.05, 0) is 41.5 Å². The predicted octanol–water partition coefficient (Wildman–Crippen LogP) is 3.97. The first kappa shape index (κ1) is 14.9. The van der Waals surface area contributed by atoms with Gasteiger partial charge in [-0.15, -0.1) is 0 Å². The summed E-state index contributed by atoms with van der Waals surface area (Å²) >= 11 is 0. The molecule has 1 N–H and O–H groups in total. The van der Waals surface area contributed by atoms with Gasteiger partial charge in [0.2, 0.25) is 0 Å². The molecule has 1 aliphatic rings. The van der Waals surface area contributed by atoms with Gasteiger partial charge in [-0.2, -0.15) is 0 Å². The third-order valence-electron chi connectivity index (χ3n) is 4.32. The first-order chi connectivity index (χ1) is 11.9. The van der Waals surface area contributed by atoms with E-state index in [2.05, 4.69) is 41.7 Å². The minimum atomic E-state index is 0.588. The monoisotopic (exact) mass is 316 g/mol. The van der Waals surface area contributed by atoms with Crippen molar-refractivity contribution in [2.45, 2.75) is 19.6 Å². The van der Waals surface area contributed by atoms with Crippen LogP contribution in [-0.4, -0.2) is 11.5 Å². The van der Waals surface area contributed by atoms with E-state index in [0.29, 0.717) is 6.61 Å². The van der Waals surface area contributed by atoms with Crippen LogP contribution in [0.25, 0.3) is 11.3 Å². The first-order valence-corrected chi connectivity index (χ1v) is 8.35. The van der Waals surface area contributed by atoms with Crippen molar-refractivity contribution in [2.75, 3.05) is 6.54 Å². The highest BCUT2D eigenvalue weighted by atomic mass is 16.5. The average Bonchev–Trinajstić information content (AvgIpc) is 2.67. The summed E-state index contributed by atoms with van der Waals surface area (Å²) in [5, 5.41) is 3.38. The zero-order valence-corrected chi connectivity index (χ0v) is 13.5. The van der Waals surface area contributed by atoms with Gasteiger partial charge in [0.15, 0.2) is 0 Å². The summed E-state index contributed by atoms with van der Waals surface area (Å²) in [6.45, 7) is 2.52. The molecule has 0 amide bonds. The van der Waals surface area contributed by atoms with Crippen LogP contribution in [0.15, 0.2) is 66.7 Å². The van der Waals surface area contributed by atoms with Gasteiger partial charge in [-0.3, -0.25) is 4.98 Å². The van der Waals surface area contributed by atoms with E-state index in [0.717, 1.165) is 36.5 Å². The molecule has 0 radical (unpaired) electrons. The summed E-state index contributed by atoms with van der Waals surface area (Å²) in [4.78, 5) is 4.83. The summed E-state index contributed by atoms with van der Waals surface area (Å²) in [5.74, 6) is 0.879. The SMILES string of the molecule is c1ccc(COc2ccc(-c3ccc4c(n3)CCNC4)cc2)cc1. The first-order valence-electron chi connectivity index (χ1n) is 8.35. The molecule has 120 valence electrons. The van der Waals surface area contributed by atoms with Crippen LogP contribution in [0.1, 0.15) is 16.8 Å². The number of rotatable bonds is 4. The van der Waals surface area contributed by atoms with Gasteiger partial charge in [0.05, 0.1) is 5.69 Å². The van der Waals surface area contributed by atoms with Crippen LogP contribution < -0.4 is 10.1 Å². The maximum atomic E-state index is 5.84. The molecule has 24 heavy (non-hydrogen) atoms. The molecule has 3 aromatic rings. The molecule has 4 rings (SSSR count). The number of nitrogens with zero attached hydrogens (tertiary/aromatic N) is 1. The summed E-state index contributed by atoms with van der Waals surface area (Å²) in [7, 11) is 0. The summed E-state index contributed by atoms with van der Waals surface area (Å²) < 4.78 is 5.84. The number of hydrogen-bond donors (Lipinski definition) is 1. The topological polar surface area (TPSA) is 34.1 Å². The number of ether oxygens (including phenoxy) is 1. The number of benzene rings is 2. The Balaban J connectivity index is 1.47. The molecule has 0 fully saturated rings. The number of hydrogen-bond acceptors (Lipinski definition) is 3. The van der Waals surface area contributed by atoms with Crippen LogP contribution in [0, 0.1) is 0 Å². The van der Waals surface area contributed by atoms with E-state index in [-0.39, 0.29) is 0 Å². The second-order valence-electron chi connectivity index (χ2n) is 6.03. The molecule has 2 aromatic carbocycles.